The van der Waals surface area contributed by atoms with Crippen LogP contribution in [0, 0.1) is 13.8 Å². The zero-order chi connectivity index (χ0) is 21.1. The molecule has 1 N–H and O–H groups in total. The molecule has 0 bridgehead atoms. The Balaban J connectivity index is 1.79. The van der Waals surface area contributed by atoms with Gasteiger partial charge in [-0.3, -0.25) is 14.4 Å². The number of carbonyl (C=O) groups is 3. The summed E-state index contributed by atoms with van der Waals surface area (Å²) in [5.74, 6) is -0.608. The van der Waals surface area contributed by atoms with Gasteiger partial charge < -0.3 is 10.2 Å². The third-order valence-electron chi connectivity index (χ3n) is 4.68. The average molecular weight is 392 g/mol. The van der Waals surface area contributed by atoms with E-state index in [1.807, 2.05) is 32.0 Å². The zero-order valence-corrected chi connectivity index (χ0v) is 17.0. The lowest BCUT2D eigenvalue weighted by atomic mass is 10.1. The maximum absolute atomic E-state index is 12.7. The van der Waals surface area contributed by atoms with Gasteiger partial charge in [-0.2, -0.15) is 5.10 Å². The quantitative estimate of drug-likeness (QED) is 0.868. The van der Waals surface area contributed by atoms with Gasteiger partial charge in [0, 0.05) is 38.2 Å². The Bertz CT molecular complexity index is 994. The van der Waals surface area contributed by atoms with Crippen molar-refractivity contribution in [1.82, 2.24) is 4.90 Å². The van der Waals surface area contributed by atoms with Gasteiger partial charge in [0.05, 0.1) is 5.69 Å². The molecule has 150 valence electrons. The van der Waals surface area contributed by atoms with Crippen molar-refractivity contribution in [1.29, 1.82) is 0 Å². The highest BCUT2D eigenvalue weighted by Crippen LogP contribution is 2.25. The van der Waals surface area contributed by atoms with Crippen LogP contribution in [0.15, 0.2) is 47.6 Å². The van der Waals surface area contributed by atoms with Crippen molar-refractivity contribution in [2.24, 2.45) is 5.10 Å². The molecule has 2 aromatic carbocycles. The summed E-state index contributed by atoms with van der Waals surface area (Å²) in [7, 11) is 3.37. The maximum atomic E-state index is 12.7. The molecule has 0 aromatic heterocycles. The van der Waals surface area contributed by atoms with E-state index in [1.165, 1.54) is 9.91 Å². The van der Waals surface area contributed by atoms with Crippen LogP contribution in [0.3, 0.4) is 0 Å². The van der Waals surface area contributed by atoms with Crippen molar-refractivity contribution >= 4 is 34.8 Å². The molecule has 0 unspecified atom stereocenters. The topological polar surface area (TPSA) is 82.1 Å². The van der Waals surface area contributed by atoms with E-state index in [1.54, 1.807) is 38.4 Å². The minimum absolute atomic E-state index is 0.109. The highest BCUT2D eigenvalue weighted by molar-refractivity contribution is 6.44. The van der Waals surface area contributed by atoms with Gasteiger partial charge in [-0.1, -0.05) is 12.1 Å². The summed E-state index contributed by atoms with van der Waals surface area (Å²) in [6.07, 6.45) is 0.499. The van der Waals surface area contributed by atoms with Crippen molar-refractivity contribution in [2.75, 3.05) is 24.4 Å². The van der Waals surface area contributed by atoms with Crippen LogP contribution >= 0.6 is 0 Å². The number of rotatable bonds is 4. The first-order valence-electron chi connectivity index (χ1n) is 9.37. The molecule has 1 heterocycles. The van der Waals surface area contributed by atoms with Crippen molar-refractivity contribution in [3.63, 3.8) is 0 Å². The lowest BCUT2D eigenvalue weighted by molar-refractivity contribution is -0.118. The average Bonchev–Trinajstić information content (AvgIpc) is 2.70. The van der Waals surface area contributed by atoms with Gasteiger partial charge in [0.2, 0.25) is 5.91 Å². The highest BCUT2D eigenvalue weighted by atomic mass is 16.2. The third kappa shape index (κ3) is 4.51. The number of amides is 3. The molecule has 2 aromatic rings. The van der Waals surface area contributed by atoms with Crippen molar-refractivity contribution in [3.8, 4) is 0 Å². The minimum atomic E-state index is -0.362. The Morgan fingerprint density at radius 2 is 1.72 bits per heavy atom. The molecule has 0 atom stereocenters. The summed E-state index contributed by atoms with van der Waals surface area (Å²) < 4.78 is 0. The van der Waals surface area contributed by atoms with Gasteiger partial charge in [-0.15, -0.1) is 0 Å². The minimum Gasteiger partial charge on any atom is -0.345 e. The fraction of sp³-hybridized carbons (Fsp3) is 0.273. The van der Waals surface area contributed by atoms with E-state index in [9.17, 15) is 14.4 Å². The van der Waals surface area contributed by atoms with E-state index in [2.05, 4.69) is 10.4 Å². The monoisotopic (exact) mass is 392 g/mol. The fourth-order valence-electron chi connectivity index (χ4n) is 3.01. The van der Waals surface area contributed by atoms with Crippen LogP contribution in [-0.4, -0.2) is 42.4 Å². The number of nitrogens with zero attached hydrogens (tertiary/aromatic N) is 3. The van der Waals surface area contributed by atoms with Gasteiger partial charge in [-0.05, 0) is 55.3 Å². The van der Waals surface area contributed by atoms with Crippen LogP contribution in [0.1, 0.15) is 34.3 Å². The van der Waals surface area contributed by atoms with E-state index in [-0.39, 0.29) is 30.6 Å². The van der Waals surface area contributed by atoms with E-state index < -0.39 is 0 Å². The summed E-state index contributed by atoms with van der Waals surface area (Å²) in [6, 6.07) is 12.4. The Labute approximate surface area is 170 Å². The van der Waals surface area contributed by atoms with Crippen molar-refractivity contribution in [2.45, 2.75) is 26.7 Å². The Morgan fingerprint density at radius 3 is 2.38 bits per heavy atom. The van der Waals surface area contributed by atoms with E-state index in [4.69, 9.17) is 0 Å². The second-order valence-electron chi connectivity index (χ2n) is 7.27. The Morgan fingerprint density at radius 1 is 1.03 bits per heavy atom. The molecule has 0 saturated heterocycles. The van der Waals surface area contributed by atoms with Crippen LogP contribution < -0.4 is 10.3 Å². The summed E-state index contributed by atoms with van der Waals surface area (Å²) in [5.41, 5.74) is 4.00. The Kier molecular flexibility index (Phi) is 5.77. The molecule has 1 aliphatic heterocycles. The van der Waals surface area contributed by atoms with Gasteiger partial charge in [0.25, 0.3) is 11.8 Å². The maximum Gasteiger partial charge on any atom is 0.271 e. The van der Waals surface area contributed by atoms with Crippen LogP contribution in [0.2, 0.25) is 0 Å². The summed E-state index contributed by atoms with van der Waals surface area (Å²) in [6.45, 7) is 3.85. The molecule has 0 spiro atoms. The Hall–Kier alpha value is -3.48. The fourth-order valence-corrected chi connectivity index (χ4v) is 3.01. The van der Waals surface area contributed by atoms with Gasteiger partial charge in [-0.25, -0.2) is 5.01 Å². The van der Waals surface area contributed by atoms with Gasteiger partial charge >= 0.3 is 0 Å². The van der Waals surface area contributed by atoms with Crippen molar-refractivity contribution < 1.29 is 14.4 Å². The normalized spacial score (nSPS) is 13.7. The van der Waals surface area contributed by atoms with Crippen LogP contribution in [-0.2, 0) is 9.59 Å². The largest absolute Gasteiger partial charge is 0.345 e. The molecule has 3 amide bonds. The number of nitrogens with one attached hydrogen (secondary N) is 1. The van der Waals surface area contributed by atoms with E-state index >= 15 is 0 Å². The lowest BCUT2D eigenvalue weighted by Gasteiger charge is -2.24. The SMILES string of the molecule is Cc1ccc(C)c(N2N=C(C(=O)Nc3ccc(C(=O)N(C)C)cc3)CCC2=O)c1. The number of anilines is 2. The lowest BCUT2D eigenvalue weighted by Crippen LogP contribution is -2.36. The molecule has 29 heavy (non-hydrogen) atoms. The summed E-state index contributed by atoms with van der Waals surface area (Å²) in [4.78, 5) is 38.5. The van der Waals surface area contributed by atoms with Crippen LogP contribution in [0.4, 0.5) is 11.4 Å². The number of benzene rings is 2. The second-order valence-corrected chi connectivity index (χ2v) is 7.27. The number of aryl methyl sites for hydroxylation is 2. The molecule has 3 rings (SSSR count). The molecular weight excluding hydrogens is 368 g/mol. The zero-order valence-electron chi connectivity index (χ0n) is 17.0. The smallest absolute Gasteiger partial charge is 0.271 e. The third-order valence-corrected chi connectivity index (χ3v) is 4.68. The number of hydrogen-bond acceptors (Lipinski definition) is 4. The molecule has 0 aliphatic carbocycles. The first kappa shape index (κ1) is 20.3. The van der Waals surface area contributed by atoms with Crippen LogP contribution in [0.5, 0.6) is 0 Å². The van der Waals surface area contributed by atoms with Gasteiger partial charge in [0.15, 0.2) is 0 Å². The molecule has 0 fully saturated rings. The molecule has 1 aliphatic rings. The predicted molar refractivity (Wildman–Crippen MR) is 113 cm³/mol. The molecular formula is C22H24N4O3. The number of carbonyl (C=O) groups excluding carboxylic acids is 3. The molecule has 7 heteroatoms. The predicted octanol–water partition coefficient (Wildman–Crippen LogP) is 3.13. The van der Waals surface area contributed by atoms with Gasteiger partial charge in [0.1, 0.15) is 5.71 Å². The van der Waals surface area contributed by atoms with Crippen LogP contribution in [0.25, 0.3) is 0 Å². The molecule has 0 saturated carbocycles. The number of hydrogen-bond donors (Lipinski definition) is 1. The molecule has 7 nitrogen and oxygen atoms in total. The van der Waals surface area contributed by atoms with E-state index in [0.717, 1.165) is 11.1 Å². The highest BCUT2D eigenvalue weighted by Gasteiger charge is 2.26. The summed E-state index contributed by atoms with van der Waals surface area (Å²) >= 11 is 0. The molecule has 0 radical (unpaired) electrons. The standard InChI is InChI=1S/C22H24N4O3/c1-14-5-6-15(2)19(13-14)26-20(27)12-11-18(24-26)21(28)23-17-9-7-16(8-10-17)22(29)25(3)4/h5-10,13H,11-12H2,1-4H3,(H,23,28). The first-order chi connectivity index (χ1) is 13.8. The summed E-state index contributed by atoms with van der Waals surface area (Å²) in [5, 5.41) is 8.43. The second kappa shape index (κ2) is 8.26. The van der Waals surface area contributed by atoms with Crippen molar-refractivity contribution in [3.05, 3.63) is 59.2 Å². The van der Waals surface area contributed by atoms with E-state index in [0.29, 0.717) is 22.6 Å². The number of hydrazone groups is 1. The first-order valence-corrected chi connectivity index (χ1v) is 9.37.